The Balaban J connectivity index is 1.91. The fourth-order valence-electron chi connectivity index (χ4n) is 2.00. The van der Waals surface area contributed by atoms with Gasteiger partial charge in [-0.25, -0.2) is 0 Å². The van der Waals surface area contributed by atoms with Crippen molar-refractivity contribution in [3.63, 3.8) is 0 Å². The fraction of sp³-hybridized carbons (Fsp3) is 0.167. The molecule has 6 heteroatoms. The van der Waals surface area contributed by atoms with Crippen molar-refractivity contribution in [1.29, 1.82) is 0 Å². The van der Waals surface area contributed by atoms with E-state index < -0.39 is 0 Å². The first-order chi connectivity index (χ1) is 11.6. The molecule has 0 aliphatic carbocycles. The molecule has 24 heavy (non-hydrogen) atoms. The van der Waals surface area contributed by atoms with Crippen molar-refractivity contribution < 1.29 is 14.4 Å². The third-order valence-electron chi connectivity index (χ3n) is 3.30. The zero-order valence-electron chi connectivity index (χ0n) is 12.9. The van der Waals surface area contributed by atoms with E-state index in [0.717, 1.165) is 6.29 Å². The number of halogens is 1. The number of nitrogens with one attached hydrogen (secondary N) is 2. The van der Waals surface area contributed by atoms with Crippen LogP contribution in [0.1, 0.15) is 33.6 Å². The molecule has 2 aromatic rings. The largest absolute Gasteiger partial charge is 0.352 e. The summed E-state index contributed by atoms with van der Waals surface area (Å²) in [5, 5.41) is 6.04. The van der Waals surface area contributed by atoms with E-state index >= 15 is 0 Å². The quantitative estimate of drug-likeness (QED) is 0.597. The zero-order valence-corrected chi connectivity index (χ0v) is 13.7. The van der Waals surface area contributed by atoms with E-state index in [-0.39, 0.29) is 11.8 Å². The molecule has 0 fully saturated rings. The first-order valence-electron chi connectivity index (χ1n) is 7.49. The van der Waals surface area contributed by atoms with E-state index in [1.807, 2.05) is 0 Å². The van der Waals surface area contributed by atoms with Crippen LogP contribution in [0.25, 0.3) is 0 Å². The van der Waals surface area contributed by atoms with E-state index in [1.165, 1.54) is 0 Å². The van der Waals surface area contributed by atoms with E-state index in [1.54, 1.807) is 48.5 Å². The minimum atomic E-state index is -0.252. The highest BCUT2D eigenvalue weighted by Crippen LogP contribution is 2.13. The minimum Gasteiger partial charge on any atom is -0.352 e. The Labute approximate surface area is 145 Å². The van der Waals surface area contributed by atoms with Crippen LogP contribution >= 0.6 is 11.6 Å². The van der Waals surface area contributed by atoms with Crippen molar-refractivity contribution in [1.82, 2.24) is 5.32 Å². The van der Waals surface area contributed by atoms with Crippen LogP contribution in [0.5, 0.6) is 0 Å². The van der Waals surface area contributed by atoms with Gasteiger partial charge in [-0.1, -0.05) is 11.6 Å². The predicted octanol–water partition coefficient (Wildman–Crippen LogP) is 3.30. The van der Waals surface area contributed by atoms with Gasteiger partial charge in [-0.15, -0.1) is 0 Å². The minimum absolute atomic E-state index is 0.212. The van der Waals surface area contributed by atoms with Gasteiger partial charge in [0.25, 0.3) is 11.8 Å². The molecule has 2 aromatic carbocycles. The smallest absolute Gasteiger partial charge is 0.255 e. The standard InChI is InChI=1S/C18H17ClN2O3/c19-15-7-3-14(4-8-15)18(24)21-16-9-5-13(6-10-16)17(23)20-11-1-2-12-22/h3-10,12H,1-2,11H2,(H,20,23)(H,21,24). The Morgan fingerprint density at radius 3 is 2.12 bits per heavy atom. The number of hydrogen-bond donors (Lipinski definition) is 2. The van der Waals surface area contributed by atoms with Crippen LogP contribution in [0.3, 0.4) is 0 Å². The molecule has 2 amide bonds. The summed E-state index contributed by atoms with van der Waals surface area (Å²) in [5.41, 5.74) is 1.58. The Kier molecular flexibility index (Phi) is 6.51. The van der Waals surface area contributed by atoms with Gasteiger partial charge in [0.15, 0.2) is 0 Å². The summed E-state index contributed by atoms with van der Waals surface area (Å²) >= 11 is 5.79. The molecule has 0 unspecified atom stereocenters. The van der Waals surface area contributed by atoms with Crippen molar-refractivity contribution in [2.75, 3.05) is 11.9 Å². The van der Waals surface area contributed by atoms with Gasteiger partial charge >= 0.3 is 0 Å². The molecule has 0 bridgehead atoms. The lowest BCUT2D eigenvalue weighted by atomic mass is 10.1. The number of rotatable bonds is 7. The van der Waals surface area contributed by atoms with Gasteiger partial charge in [0.2, 0.25) is 0 Å². The Morgan fingerprint density at radius 1 is 0.917 bits per heavy atom. The monoisotopic (exact) mass is 344 g/mol. The van der Waals surface area contributed by atoms with Crippen molar-refractivity contribution in [2.45, 2.75) is 12.8 Å². The van der Waals surface area contributed by atoms with Gasteiger partial charge in [-0.2, -0.15) is 0 Å². The second kappa shape index (κ2) is 8.84. The Morgan fingerprint density at radius 2 is 1.50 bits per heavy atom. The lowest BCUT2D eigenvalue weighted by Crippen LogP contribution is -2.24. The molecule has 0 saturated carbocycles. The lowest BCUT2D eigenvalue weighted by Gasteiger charge is -2.07. The number of amides is 2. The van der Waals surface area contributed by atoms with Crippen molar-refractivity contribution >= 4 is 35.4 Å². The first kappa shape index (κ1) is 17.7. The molecule has 2 rings (SSSR count). The van der Waals surface area contributed by atoms with Crippen LogP contribution < -0.4 is 10.6 Å². The molecule has 2 N–H and O–H groups in total. The summed E-state index contributed by atoms with van der Waals surface area (Å²) in [6.45, 7) is 0.451. The molecule has 0 saturated heterocycles. The number of benzene rings is 2. The maximum Gasteiger partial charge on any atom is 0.255 e. The number of aldehydes is 1. The number of unbranched alkanes of at least 4 members (excludes halogenated alkanes) is 1. The summed E-state index contributed by atoms with van der Waals surface area (Å²) < 4.78 is 0. The topological polar surface area (TPSA) is 75.3 Å². The summed E-state index contributed by atoms with van der Waals surface area (Å²) in [6.07, 6.45) is 1.87. The van der Waals surface area contributed by atoms with E-state index in [9.17, 15) is 14.4 Å². The maximum atomic E-state index is 12.1. The third-order valence-corrected chi connectivity index (χ3v) is 3.55. The second-order valence-electron chi connectivity index (χ2n) is 5.10. The van der Waals surface area contributed by atoms with Gasteiger partial charge in [0, 0.05) is 34.8 Å². The highest BCUT2D eigenvalue weighted by Gasteiger charge is 2.08. The highest BCUT2D eigenvalue weighted by molar-refractivity contribution is 6.30. The summed E-state index contributed by atoms with van der Waals surface area (Å²) in [6, 6.07) is 13.2. The highest BCUT2D eigenvalue weighted by atomic mass is 35.5. The number of hydrogen-bond acceptors (Lipinski definition) is 3. The van der Waals surface area contributed by atoms with Gasteiger partial charge in [-0.05, 0) is 55.0 Å². The number of anilines is 1. The number of carbonyl (C=O) groups excluding carboxylic acids is 3. The molecule has 124 valence electrons. The zero-order chi connectivity index (χ0) is 17.4. The molecular formula is C18H17ClN2O3. The van der Waals surface area contributed by atoms with E-state index in [2.05, 4.69) is 10.6 Å². The van der Waals surface area contributed by atoms with Crippen molar-refractivity contribution in [2.24, 2.45) is 0 Å². The molecule has 5 nitrogen and oxygen atoms in total. The first-order valence-corrected chi connectivity index (χ1v) is 7.87. The van der Waals surface area contributed by atoms with E-state index in [0.29, 0.717) is 41.2 Å². The van der Waals surface area contributed by atoms with Gasteiger partial charge < -0.3 is 15.4 Å². The molecule has 0 radical (unpaired) electrons. The SMILES string of the molecule is O=CCCCNC(=O)c1ccc(NC(=O)c2ccc(Cl)cc2)cc1. The summed E-state index contributed by atoms with van der Waals surface area (Å²) in [4.78, 5) is 34.2. The molecular weight excluding hydrogens is 328 g/mol. The van der Waals surface area contributed by atoms with E-state index in [4.69, 9.17) is 11.6 Å². The van der Waals surface area contributed by atoms with Gasteiger partial charge in [0.05, 0.1) is 0 Å². The van der Waals surface area contributed by atoms with Gasteiger partial charge in [-0.3, -0.25) is 9.59 Å². The second-order valence-corrected chi connectivity index (χ2v) is 5.54. The van der Waals surface area contributed by atoms with Crippen molar-refractivity contribution in [3.8, 4) is 0 Å². The molecule has 0 aliphatic heterocycles. The average molecular weight is 345 g/mol. The predicted molar refractivity (Wildman–Crippen MR) is 93.5 cm³/mol. The summed E-state index contributed by atoms with van der Waals surface area (Å²) in [5.74, 6) is -0.464. The average Bonchev–Trinajstić information content (AvgIpc) is 2.59. The van der Waals surface area contributed by atoms with Gasteiger partial charge in [0.1, 0.15) is 6.29 Å². The molecule has 0 aromatic heterocycles. The fourth-order valence-corrected chi connectivity index (χ4v) is 2.12. The van der Waals surface area contributed by atoms with Crippen LogP contribution in [0, 0.1) is 0 Å². The Bertz CT molecular complexity index is 712. The molecule has 0 atom stereocenters. The molecule has 0 heterocycles. The van der Waals surface area contributed by atoms with Crippen LogP contribution in [0.15, 0.2) is 48.5 Å². The van der Waals surface area contributed by atoms with Crippen LogP contribution in [0.2, 0.25) is 5.02 Å². The molecule has 0 aliphatic rings. The maximum absolute atomic E-state index is 12.1. The normalized spacial score (nSPS) is 10.0. The Hall–Kier alpha value is -2.66. The van der Waals surface area contributed by atoms with Crippen LogP contribution in [0.4, 0.5) is 5.69 Å². The van der Waals surface area contributed by atoms with Crippen LogP contribution in [-0.2, 0) is 4.79 Å². The third kappa shape index (κ3) is 5.21. The lowest BCUT2D eigenvalue weighted by molar-refractivity contribution is -0.107. The summed E-state index contributed by atoms with van der Waals surface area (Å²) in [7, 11) is 0. The molecule has 0 spiro atoms. The van der Waals surface area contributed by atoms with Crippen molar-refractivity contribution in [3.05, 3.63) is 64.7 Å². The van der Waals surface area contributed by atoms with Crippen LogP contribution in [-0.4, -0.2) is 24.6 Å². The number of carbonyl (C=O) groups is 3.